The zero-order valence-electron chi connectivity index (χ0n) is 8.75. The molecule has 0 saturated heterocycles. The number of hydrogen-bond acceptors (Lipinski definition) is 2. The predicted molar refractivity (Wildman–Crippen MR) is 61.8 cm³/mol. The Morgan fingerprint density at radius 1 is 1.36 bits per heavy atom. The van der Waals surface area contributed by atoms with Gasteiger partial charge in [-0.25, -0.2) is 0 Å². The normalized spacial score (nSPS) is 12.7. The molecule has 0 aliphatic rings. The highest BCUT2D eigenvalue weighted by Gasteiger charge is 1.96. The fourth-order valence-electron chi connectivity index (χ4n) is 1.25. The van der Waals surface area contributed by atoms with Crippen LogP contribution >= 0.6 is 0 Å². The number of nitrogens with one attached hydrogen (secondary N) is 1. The smallest absolute Gasteiger partial charge is 0.0357 e. The molecule has 0 fully saturated rings. The van der Waals surface area contributed by atoms with Crippen molar-refractivity contribution >= 4 is 10.8 Å². The quantitative estimate of drug-likeness (QED) is 0.747. The van der Waals surface area contributed by atoms with Crippen LogP contribution < -0.4 is 5.32 Å². The Morgan fingerprint density at radius 2 is 2.07 bits per heavy atom. The van der Waals surface area contributed by atoms with E-state index in [9.17, 15) is 4.21 Å². The molecule has 0 spiro atoms. The summed E-state index contributed by atoms with van der Waals surface area (Å²) in [6.45, 7) is 3.79. The third-order valence-electron chi connectivity index (χ3n) is 2.14. The molecule has 2 nitrogen and oxygen atoms in total. The maximum absolute atomic E-state index is 10.8. The molecule has 1 N–H and O–H groups in total. The monoisotopic (exact) mass is 211 g/mol. The van der Waals surface area contributed by atoms with E-state index in [2.05, 4.69) is 24.4 Å². The molecule has 14 heavy (non-hydrogen) atoms. The van der Waals surface area contributed by atoms with E-state index in [0.29, 0.717) is 0 Å². The second-order valence-electron chi connectivity index (χ2n) is 3.38. The van der Waals surface area contributed by atoms with Gasteiger partial charge in [0.2, 0.25) is 0 Å². The molecule has 0 amide bonds. The van der Waals surface area contributed by atoms with Gasteiger partial charge in [0.15, 0.2) is 0 Å². The largest absolute Gasteiger partial charge is 0.312 e. The summed E-state index contributed by atoms with van der Waals surface area (Å²) in [5.41, 5.74) is 2.62. The van der Waals surface area contributed by atoms with E-state index in [-0.39, 0.29) is 0 Å². The van der Waals surface area contributed by atoms with Gasteiger partial charge >= 0.3 is 0 Å². The third kappa shape index (κ3) is 4.03. The molecule has 78 valence electrons. The number of benzene rings is 1. The molecule has 0 bridgehead atoms. The zero-order chi connectivity index (χ0) is 10.4. The fourth-order valence-corrected chi connectivity index (χ4v) is 1.68. The molecule has 1 aromatic carbocycles. The van der Waals surface area contributed by atoms with Gasteiger partial charge in [-0.05, 0) is 18.1 Å². The number of rotatable bonds is 5. The standard InChI is InChI=1S/C11H17NOS/c1-10-5-3-4-6-11(10)9-12-7-8-14(2)13/h3-6,12H,7-9H2,1-2H3/t14-/m0/s1. The number of aryl methyl sites for hydroxylation is 1. The van der Waals surface area contributed by atoms with Crippen molar-refractivity contribution in [3.63, 3.8) is 0 Å². The summed E-state index contributed by atoms with van der Waals surface area (Å²) in [4.78, 5) is 0. The van der Waals surface area contributed by atoms with Crippen LogP contribution in [0.5, 0.6) is 0 Å². The van der Waals surface area contributed by atoms with E-state index in [0.717, 1.165) is 18.8 Å². The molecule has 0 aromatic heterocycles. The van der Waals surface area contributed by atoms with Crippen LogP contribution in [-0.2, 0) is 17.3 Å². The average Bonchev–Trinajstić information content (AvgIpc) is 2.15. The maximum atomic E-state index is 10.8. The van der Waals surface area contributed by atoms with E-state index < -0.39 is 10.8 Å². The highest BCUT2D eigenvalue weighted by Crippen LogP contribution is 2.05. The Morgan fingerprint density at radius 3 is 2.71 bits per heavy atom. The molecule has 0 aliphatic heterocycles. The Balaban J connectivity index is 2.31. The van der Waals surface area contributed by atoms with E-state index >= 15 is 0 Å². The van der Waals surface area contributed by atoms with Gasteiger partial charge in [-0.3, -0.25) is 4.21 Å². The first-order chi connectivity index (χ1) is 6.70. The van der Waals surface area contributed by atoms with Crippen LogP contribution in [0.1, 0.15) is 11.1 Å². The zero-order valence-corrected chi connectivity index (χ0v) is 9.56. The van der Waals surface area contributed by atoms with Crippen LogP contribution in [-0.4, -0.2) is 22.8 Å². The second-order valence-corrected chi connectivity index (χ2v) is 4.94. The van der Waals surface area contributed by atoms with Crippen molar-refractivity contribution < 1.29 is 4.21 Å². The van der Waals surface area contributed by atoms with Crippen molar-refractivity contribution in [2.75, 3.05) is 18.6 Å². The van der Waals surface area contributed by atoms with Gasteiger partial charge in [-0.15, -0.1) is 0 Å². The SMILES string of the molecule is Cc1ccccc1CNCC[S@](C)=O. The lowest BCUT2D eigenvalue weighted by atomic mass is 10.1. The van der Waals surface area contributed by atoms with E-state index in [1.807, 2.05) is 12.1 Å². The minimum absolute atomic E-state index is 0.691. The fraction of sp³-hybridized carbons (Fsp3) is 0.455. The van der Waals surface area contributed by atoms with Crippen molar-refractivity contribution in [1.82, 2.24) is 5.32 Å². The summed E-state index contributed by atoms with van der Waals surface area (Å²) in [6.07, 6.45) is 1.73. The molecule has 1 rings (SSSR count). The molecule has 0 aliphatic carbocycles. The van der Waals surface area contributed by atoms with E-state index in [4.69, 9.17) is 0 Å². The molecular formula is C11H17NOS. The number of hydrogen-bond donors (Lipinski definition) is 1. The van der Waals surface area contributed by atoms with Crippen molar-refractivity contribution in [1.29, 1.82) is 0 Å². The van der Waals surface area contributed by atoms with Gasteiger partial charge in [-0.1, -0.05) is 24.3 Å². The minimum Gasteiger partial charge on any atom is -0.312 e. The van der Waals surface area contributed by atoms with Crippen LogP contribution in [0.15, 0.2) is 24.3 Å². The molecule has 0 unspecified atom stereocenters. The first-order valence-corrected chi connectivity index (χ1v) is 6.48. The second kappa shape index (κ2) is 5.94. The van der Waals surface area contributed by atoms with Crippen molar-refractivity contribution in [2.45, 2.75) is 13.5 Å². The Labute approximate surface area is 88.2 Å². The molecule has 3 heteroatoms. The topological polar surface area (TPSA) is 29.1 Å². The van der Waals surface area contributed by atoms with Gasteiger partial charge in [0.05, 0.1) is 0 Å². The first kappa shape index (κ1) is 11.4. The average molecular weight is 211 g/mol. The maximum Gasteiger partial charge on any atom is 0.0357 e. The highest BCUT2D eigenvalue weighted by atomic mass is 32.2. The van der Waals surface area contributed by atoms with Gasteiger partial charge in [-0.2, -0.15) is 0 Å². The van der Waals surface area contributed by atoms with Gasteiger partial charge in [0.1, 0.15) is 0 Å². The Bertz CT molecular complexity index is 312. The predicted octanol–water partition coefficient (Wildman–Crippen LogP) is 1.46. The van der Waals surface area contributed by atoms with Gasteiger partial charge in [0, 0.05) is 35.9 Å². The molecule has 0 radical (unpaired) electrons. The van der Waals surface area contributed by atoms with Crippen molar-refractivity contribution in [2.24, 2.45) is 0 Å². The van der Waals surface area contributed by atoms with E-state index in [1.165, 1.54) is 11.1 Å². The van der Waals surface area contributed by atoms with Crippen molar-refractivity contribution in [3.05, 3.63) is 35.4 Å². The summed E-state index contributed by atoms with van der Waals surface area (Å²) in [5, 5.41) is 3.28. The van der Waals surface area contributed by atoms with Gasteiger partial charge < -0.3 is 5.32 Å². The highest BCUT2D eigenvalue weighted by molar-refractivity contribution is 7.84. The van der Waals surface area contributed by atoms with Crippen LogP contribution in [0.2, 0.25) is 0 Å². The van der Waals surface area contributed by atoms with Crippen LogP contribution in [0, 0.1) is 6.92 Å². The molecule has 0 saturated carbocycles. The lowest BCUT2D eigenvalue weighted by Gasteiger charge is -2.06. The molecule has 1 aromatic rings. The van der Waals surface area contributed by atoms with Crippen LogP contribution in [0.25, 0.3) is 0 Å². The van der Waals surface area contributed by atoms with Crippen LogP contribution in [0.4, 0.5) is 0 Å². The van der Waals surface area contributed by atoms with E-state index in [1.54, 1.807) is 6.26 Å². The summed E-state index contributed by atoms with van der Waals surface area (Å²) in [6, 6.07) is 8.31. The molecule has 1 atom stereocenters. The first-order valence-electron chi connectivity index (χ1n) is 4.75. The third-order valence-corrected chi connectivity index (χ3v) is 2.92. The molecule has 0 heterocycles. The minimum atomic E-state index is -0.691. The summed E-state index contributed by atoms with van der Waals surface area (Å²) < 4.78 is 10.8. The lowest BCUT2D eigenvalue weighted by molar-refractivity contribution is 0.676. The summed E-state index contributed by atoms with van der Waals surface area (Å²) in [5.74, 6) is 0.728. The summed E-state index contributed by atoms with van der Waals surface area (Å²) >= 11 is 0. The Kier molecular flexibility index (Phi) is 4.84. The van der Waals surface area contributed by atoms with Gasteiger partial charge in [0.25, 0.3) is 0 Å². The summed E-state index contributed by atoms with van der Waals surface area (Å²) in [7, 11) is -0.691. The lowest BCUT2D eigenvalue weighted by Crippen LogP contribution is -2.20. The van der Waals surface area contributed by atoms with Crippen LogP contribution in [0.3, 0.4) is 0 Å². The molecular weight excluding hydrogens is 194 g/mol. The van der Waals surface area contributed by atoms with Crippen molar-refractivity contribution in [3.8, 4) is 0 Å². The Hall–Kier alpha value is -0.670.